The molecule has 0 aliphatic rings. The lowest BCUT2D eigenvalue weighted by atomic mass is 10.3. The molecule has 0 aromatic carbocycles. The van der Waals surface area contributed by atoms with E-state index >= 15 is 0 Å². The standard InChI is InChI=1S/C12H9NO3S2/c1-7(14)10-3-2-8(5-13-10)18-9-4-11(12(15)16)17-6-9/h2-6H,1H3,(H,15,16). The fourth-order valence-electron chi connectivity index (χ4n) is 1.27. The van der Waals surface area contributed by atoms with Gasteiger partial charge in [0, 0.05) is 28.3 Å². The number of Topliss-reactive ketones (excluding diaryl/α,β-unsaturated/α-hetero) is 1. The number of hydrogen-bond acceptors (Lipinski definition) is 5. The van der Waals surface area contributed by atoms with Crippen molar-refractivity contribution in [1.29, 1.82) is 0 Å². The number of carboxylic acid groups (broad SMARTS) is 1. The molecule has 18 heavy (non-hydrogen) atoms. The van der Waals surface area contributed by atoms with E-state index in [0.29, 0.717) is 10.6 Å². The first-order chi connectivity index (χ1) is 8.56. The summed E-state index contributed by atoms with van der Waals surface area (Å²) >= 11 is 2.61. The Morgan fingerprint density at radius 2 is 2.11 bits per heavy atom. The Morgan fingerprint density at radius 1 is 1.33 bits per heavy atom. The predicted molar refractivity (Wildman–Crippen MR) is 69.6 cm³/mol. The van der Waals surface area contributed by atoms with Crippen LogP contribution in [0.5, 0.6) is 0 Å². The minimum Gasteiger partial charge on any atom is -0.477 e. The fraction of sp³-hybridized carbons (Fsp3) is 0.0833. The van der Waals surface area contributed by atoms with Crippen LogP contribution in [0, 0.1) is 0 Å². The van der Waals surface area contributed by atoms with E-state index in [1.165, 1.54) is 30.0 Å². The number of carboxylic acids is 1. The first-order valence-corrected chi connectivity index (χ1v) is 6.72. The van der Waals surface area contributed by atoms with Crippen LogP contribution >= 0.6 is 23.1 Å². The van der Waals surface area contributed by atoms with Gasteiger partial charge < -0.3 is 5.11 Å². The zero-order chi connectivity index (χ0) is 13.1. The molecule has 2 rings (SSSR count). The van der Waals surface area contributed by atoms with Gasteiger partial charge in [-0.3, -0.25) is 9.78 Å². The second kappa shape index (κ2) is 5.32. The summed E-state index contributed by atoms with van der Waals surface area (Å²) in [6, 6.07) is 5.08. The Kier molecular flexibility index (Phi) is 3.78. The van der Waals surface area contributed by atoms with Gasteiger partial charge in [-0.15, -0.1) is 11.3 Å². The van der Waals surface area contributed by atoms with Crippen LogP contribution in [0.25, 0.3) is 0 Å². The van der Waals surface area contributed by atoms with Crippen LogP contribution in [0.1, 0.15) is 27.1 Å². The van der Waals surface area contributed by atoms with E-state index in [2.05, 4.69) is 4.98 Å². The van der Waals surface area contributed by atoms with Gasteiger partial charge in [0.2, 0.25) is 0 Å². The van der Waals surface area contributed by atoms with Gasteiger partial charge >= 0.3 is 5.97 Å². The number of thiophene rings is 1. The molecule has 0 saturated heterocycles. The smallest absolute Gasteiger partial charge is 0.345 e. The summed E-state index contributed by atoms with van der Waals surface area (Å²) in [5.74, 6) is -0.993. The van der Waals surface area contributed by atoms with Gasteiger partial charge in [0.15, 0.2) is 5.78 Å². The van der Waals surface area contributed by atoms with Crippen LogP contribution in [-0.2, 0) is 0 Å². The third kappa shape index (κ3) is 2.96. The summed E-state index contributed by atoms with van der Waals surface area (Å²) in [6.07, 6.45) is 1.61. The number of rotatable bonds is 4. The first-order valence-electron chi connectivity index (χ1n) is 5.03. The summed E-state index contributed by atoms with van der Waals surface area (Å²) in [6.45, 7) is 1.47. The Bertz CT molecular complexity index is 590. The third-order valence-electron chi connectivity index (χ3n) is 2.12. The molecule has 6 heteroatoms. The van der Waals surface area contributed by atoms with Crippen molar-refractivity contribution in [3.8, 4) is 0 Å². The minimum atomic E-state index is -0.920. The SMILES string of the molecule is CC(=O)c1ccc(Sc2csc(C(=O)O)c2)cn1. The molecule has 0 spiro atoms. The monoisotopic (exact) mass is 279 g/mol. The first kappa shape index (κ1) is 12.8. The van der Waals surface area contributed by atoms with Crippen LogP contribution in [0.4, 0.5) is 0 Å². The normalized spacial score (nSPS) is 10.3. The van der Waals surface area contributed by atoms with Gasteiger partial charge in [0.1, 0.15) is 10.6 Å². The number of pyridine rings is 1. The molecule has 0 atom stereocenters. The topological polar surface area (TPSA) is 67.3 Å². The molecular formula is C12H9NO3S2. The second-order valence-corrected chi connectivity index (χ2v) is 5.55. The van der Waals surface area contributed by atoms with E-state index in [9.17, 15) is 9.59 Å². The van der Waals surface area contributed by atoms with Crippen LogP contribution in [0.2, 0.25) is 0 Å². The van der Waals surface area contributed by atoms with Gasteiger partial charge in [-0.05, 0) is 18.2 Å². The summed E-state index contributed by atoms with van der Waals surface area (Å²) in [5, 5.41) is 10.6. The van der Waals surface area contributed by atoms with Crippen LogP contribution in [0.3, 0.4) is 0 Å². The molecule has 92 valence electrons. The Balaban J connectivity index is 2.13. The summed E-state index contributed by atoms with van der Waals surface area (Å²) in [4.78, 5) is 27.9. The number of ketones is 1. The maximum absolute atomic E-state index is 11.1. The molecular weight excluding hydrogens is 270 g/mol. The molecule has 0 aliphatic carbocycles. The van der Waals surface area contributed by atoms with E-state index in [1.54, 1.807) is 29.8 Å². The van der Waals surface area contributed by atoms with Gasteiger partial charge in [0.05, 0.1) is 0 Å². The summed E-state index contributed by atoms with van der Waals surface area (Å²) in [5.41, 5.74) is 0.427. The van der Waals surface area contributed by atoms with Gasteiger partial charge in [-0.1, -0.05) is 11.8 Å². The number of aromatic nitrogens is 1. The molecule has 2 aromatic rings. The summed E-state index contributed by atoms with van der Waals surface area (Å²) < 4.78 is 0. The van der Waals surface area contributed by atoms with Crippen molar-refractivity contribution in [3.63, 3.8) is 0 Å². The van der Waals surface area contributed by atoms with Crippen molar-refractivity contribution >= 4 is 34.9 Å². The van der Waals surface area contributed by atoms with E-state index in [0.717, 1.165) is 9.79 Å². The molecule has 4 nitrogen and oxygen atoms in total. The molecule has 1 N–H and O–H groups in total. The Labute approximate surface area is 112 Å². The molecule has 0 saturated carbocycles. The van der Waals surface area contributed by atoms with E-state index in [-0.39, 0.29) is 5.78 Å². The van der Waals surface area contributed by atoms with E-state index in [1.807, 2.05) is 0 Å². The molecule has 0 bridgehead atoms. The quantitative estimate of drug-likeness (QED) is 0.870. The fourth-order valence-corrected chi connectivity index (χ4v) is 2.98. The maximum Gasteiger partial charge on any atom is 0.345 e. The average Bonchev–Trinajstić information content (AvgIpc) is 2.78. The molecule has 0 amide bonds. The van der Waals surface area contributed by atoms with Crippen LogP contribution < -0.4 is 0 Å². The van der Waals surface area contributed by atoms with Crippen molar-refractivity contribution in [3.05, 3.63) is 40.3 Å². The molecule has 0 unspecified atom stereocenters. The van der Waals surface area contributed by atoms with Crippen molar-refractivity contribution < 1.29 is 14.7 Å². The van der Waals surface area contributed by atoms with Gasteiger partial charge in [-0.25, -0.2) is 4.79 Å². The lowest BCUT2D eigenvalue weighted by Gasteiger charge is -1.99. The molecule has 0 fully saturated rings. The highest BCUT2D eigenvalue weighted by molar-refractivity contribution is 7.99. The third-order valence-corrected chi connectivity index (χ3v) is 4.13. The van der Waals surface area contributed by atoms with Gasteiger partial charge in [0.25, 0.3) is 0 Å². The van der Waals surface area contributed by atoms with Gasteiger partial charge in [-0.2, -0.15) is 0 Å². The van der Waals surface area contributed by atoms with Crippen molar-refractivity contribution in [2.45, 2.75) is 16.7 Å². The average molecular weight is 279 g/mol. The van der Waals surface area contributed by atoms with E-state index in [4.69, 9.17) is 5.11 Å². The number of carbonyl (C=O) groups is 2. The largest absolute Gasteiger partial charge is 0.477 e. The summed E-state index contributed by atoms with van der Waals surface area (Å²) in [7, 11) is 0. The highest BCUT2D eigenvalue weighted by Crippen LogP contribution is 2.30. The number of aromatic carboxylic acids is 1. The van der Waals surface area contributed by atoms with Crippen molar-refractivity contribution in [2.24, 2.45) is 0 Å². The van der Waals surface area contributed by atoms with Crippen molar-refractivity contribution in [2.75, 3.05) is 0 Å². The number of nitrogens with zero attached hydrogens (tertiary/aromatic N) is 1. The van der Waals surface area contributed by atoms with E-state index < -0.39 is 5.97 Å². The number of carbonyl (C=O) groups excluding carboxylic acids is 1. The van der Waals surface area contributed by atoms with Crippen molar-refractivity contribution in [1.82, 2.24) is 4.98 Å². The lowest BCUT2D eigenvalue weighted by molar-refractivity contribution is 0.0701. The molecule has 2 heterocycles. The second-order valence-electron chi connectivity index (χ2n) is 3.49. The highest BCUT2D eigenvalue weighted by atomic mass is 32.2. The zero-order valence-corrected chi connectivity index (χ0v) is 11.0. The Hall–Kier alpha value is -1.66. The maximum atomic E-state index is 11.1. The van der Waals surface area contributed by atoms with Crippen LogP contribution in [0.15, 0.2) is 39.6 Å². The predicted octanol–water partition coefficient (Wildman–Crippen LogP) is 3.20. The highest BCUT2D eigenvalue weighted by Gasteiger charge is 2.08. The molecule has 0 aliphatic heterocycles. The lowest BCUT2D eigenvalue weighted by Crippen LogP contribution is -1.95. The zero-order valence-electron chi connectivity index (χ0n) is 9.41. The molecule has 0 radical (unpaired) electrons. The number of hydrogen-bond donors (Lipinski definition) is 1. The minimum absolute atomic E-state index is 0.0738. The Morgan fingerprint density at radius 3 is 2.61 bits per heavy atom. The molecule has 2 aromatic heterocycles. The van der Waals surface area contributed by atoms with Crippen LogP contribution in [-0.4, -0.2) is 21.8 Å².